The number of nitrogens with one attached hydrogen (secondary N) is 4. The first kappa shape index (κ1) is 23.8. The molecule has 4 N–H and O–H groups in total. The largest absolute Gasteiger partial charge is 0.494 e. The second-order valence-corrected chi connectivity index (χ2v) is 10.2. The van der Waals surface area contributed by atoms with Gasteiger partial charge < -0.3 is 30.3 Å². The van der Waals surface area contributed by atoms with Crippen LogP contribution in [0.1, 0.15) is 0 Å². The molecular formula is C25H26ClN9OS. The van der Waals surface area contributed by atoms with Crippen LogP contribution in [0.15, 0.2) is 48.9 Å². The van der Waals surface area contributed by atoms with E-state index >= 15 is 0 Å². The van der Waals surface area contributed by atoms with E-state index in [4.69, 9.17) is 16.3 Å². The number of benzene rings is 2. The Bertz CT molecular complexity index is 1460. The molecule has 2 aromatic carbocycles. The van der Waals surface area contributed by atoms with Crippen LogP contribution < -0.4 is 30.3 Å². The van der Waals surface area contributed by atoms with Gasteiger partial charge in [0.05, 0.1) is 35.9 Å². The van der Waals surface area contributed by atoms with E-state index in [0.29, 0.717) is 22.2 Å². The normalized spacial score (nSPS) is 15.7. The molecule has 4 aromatic rings. The zero-order valence-corrected chi connectivity index (χ0v) is 22.0. The van der Waals surface area contributed by atoms with E-state index in [0.717, 1.165) is 65.7 Å². The molecule has 2 aliphatic heterocycles. The number of halogens is 1. The van der Waals surface area contributed by atoms with E-state index in [9.17, 15) is 0 Å². The summed E-state index contributed by atoms with van der Waals surface area (Å²) in [5, 5.41) is 10.4. The molecule has 0 unspecified atom stereocenters. The molecule has 0 atom stereocenters. The lowest BCUT2D eigenvalue weighted by Gasteiger charge is -2.57. The van der Waals surface area contributed by atoms with E-state index in [1.165, 1.54) is 11.9 Å². The summed E-state index contributed by atoms with van der Waals surface area (Å²) in [6, 6.07) is 9.95. The summed E-state index contributed by atoms with van der Waals surface area (Å²) in [6.45, 7) is 4.34. The Labute approximate surface area is 223 Å². The summed E-state index contributed by atoms with van der Waals surface area (Å²) < 4.78 is 8.97. The van der Waals surface area contributed by atoms with Crippen molar-refractivity contribution >= 4 is 69.1 Å². The maximum Gasteiger partial charge on any atom is 0.229 e. The number of methoxy groups -OCH3 is 1. The molecule has 2 aliphatic rings. The Morgan fingerprint density at radius 3 is 2.62 bits per heavy atom. The molecule has 0 aliphatic carbocycles. The van der Waals surface area contributed by atoms with Gasteiger partial charge in [0.15, 0.2) is 5.82 Å². The molecule has 190 valence electrons. The fourth-order valence-electron chi connectivity index (χ4n) is 4.74. The summed E-state index contributed by atoms with van der Waals surface area (Å²) in [5.74, 6) is 1.57. The standard InChI is InChI=1S/C25H26ClN9OS/c1-36-20-9-15(35-13-25(14-35)11-27-12-25)3-4-17(20)32-24-30-10-16(26)23(33-24)31-19-6-5-18-21(22(19)34-37-2)29-8-7-28-18/h3-10,27,34H,11-14H2,1-2H3,(H2,30,31,32,33). The van der Waals surface area contributed by atoms with Crippen molar-refractivity contribution in [3.63, 3.8) is 0 Å². The van der Waals surface area contributed by atoms with Crippen molar-refractivity contribution in [1.29, 1.82) is 0 Å². The highest BCUT2D eigenvalue weighted by atomic mass is 35.5. The van der Waals surface area contributed by atoms with Gasteiger partial charge in [0.2, 0.25) is 5.95 Å². The van der Waals surface area contributed by atoms with E-state index in [2.05, 4.69) is 51.6 Å². The average molecular weight is 536 g/mol. The minimum Gasteiger partial charge on any atom is -0.494 e. The zero-order chi connectivity index (χ0) is 25.4. The molecule has 2 aromatic heterocycles. The third-order valence-corrected chi connectivity index (χ3v) is 7.38. The van der Waals surface area contributed by atoms with Crippen LogP contribution in [0.5, 0.6) is 5.75 Å². The number of hydrogen-bond donors (Lipinski definition) is 4. The monoisotopic (exact) mass is 535 g/mol. The molecular weight excluding hydrogens is 510 g/mol. The molecule has 0 saturated carbocycles. The third kappa shape index (κ3) is 4.54. The van der Waals surface area contributed by atoms with Crippen molar-refractivity contribution < 1.29 is 4.74 Å². The number of rotatable bonds is 8. The fraction of sp³-hybridized carbons (Fsp3) is 0.280. The van der Waals surface area contributed by atoms with Gasteiger partial charge in [0.25, 0.3) is 0 Å². The molecule has 37 heavy (non-hydrogen) atoms. The van der Waals surface area contributed by atoms with Gasteiger partial charge in [-0.1, -0.05) is 23.5 Å². The molecule has 2 saturated heterocycles. The van der Waals surface area contributed by atoms with Crippen LogP contribution in [0.3, 0.4) is 0 Å². The predicted octanol–water partition coefficient (Wildman–Crippen LogP) is 4.67. The van der Waals surface area contributed by atoms with Crippen molar-refractivity contribution in [1.82, 2.24) is 25.3 Å². The molecule has 0 radical (unpaired) electrons. The zero-order valence-electron chi connectivity index (χ0n) is 20.4. The van der Waals surface area contributed by atoms with Crippen molar-refractivity contribution in [2.24, 2.45) is 5.41 Å². The lowest BCUT2D eigenvalue weighted by molar-refractivity contribution is 0.121. The van der Waals surface area contributed by atoms with Crippen molar-refractivity contribution in [2.75, 3.05) is 59.8 Å². The van der Waals surface area contributed by atoms with E-state index in [1.807, 2.05) is 30.5 Å². The maximum atomic E-state index is 6.47. The lowest BCUT2D eigenvalue weighted by atomic mass is 9.74. The lowest BCUT2D eigenvalue weighted by Crippen LogP contribution is -2.71. The topological polar surface area (TPSA) is 112 Å². The Morgan fingerprint density at radius 2 is 1.86 bits per heavy atom. The van der Waals surface area contributed by atoms with Crippen LogP contribution >= 0.6 is 23.5 Å². The van der Waals surface area contributed by atoms with Gasteiger partial charge in [-0.05, 0) is 24.3 Å². The van der Waals surface area contributed by atoms with Gasteiger partial charge in [0.1, 0.15) is 16.3 Å². The van der Waals surface area contributed by atoms with Gasteiger partial charge in [-0.2, -0.15) is 4.98 Å². The van der Waals surface area contributed by atoms with E-state index in [-0.39, 0.29) is 0 Å². The highest BCUT2D eigenvalue weighted by Crippen LogP contribution is 2.40. The van der Waals surface area contributed by atoms with Crippen molar-refractivity contribution in [3.05, 3.63) is 53.9 Å². The number of aromatic nitrogens is 4. The number of hydrogen-bond acceptors (Lipinski definition) is 11. The number of nitrogens with zero attached hydrogens (tertiary/aromatic N) is 5. The summed E-state index contributed by atoms with van der Waals surface area (Å²) in [4.78, 5) is 20.3. The summed E-state index contributed by atoms with van der Waals surface area (Å²) >= 11 is 7.93. The van der Waals surface area contributed by atoms with Gasteiger partial charge >= 0.3 is 0 Å². The molecule has 2 fully saturated rings. The maximum absolute atomic E-state index is 6.47. The third-order valence-electron chi connectivity index (χ3n) is 6.69. The summed E-state index contributed by atoms with van der Waals surface area (Å²) in [5.41, 5.74) is 5.46. The molecule has 1 spiro atoms. The van der Waals surface area contributed by atoms with Crippen LogP contribution in [-0.2, 0) is 0 Å². The van der Waals surface area contributed by atoms with Gasteiger partial charge in [-0.25, -0.2) is 4.98 Å². The van der Waals surface area contributed by atoms with E-state index < -0.39 is 0 Å². The molecule has 6 rings (SSSR count). The first-order chi connectivity index (χ1) is 18.1. The van der Waals surface area contributed by atoms with Crippen molar-refractivity contribution in [3.8, 4) is 5.75 Å². The molecule has 0 bridgehead atoms. The van der Waals surface area contributed by atoms with Gasteiger partial charge in [-0.3, -0.25) is 9.97 Å². The van der Waals surface area contributed by atoms with Gasteiger partial charge in [0, 0.05) is 62.0 Å². The molecule has 10 nitrogen and oxygen atoms in total. The fourth-order valence-corrected chi connectivity index (χ4v) is 5.29. The number of fused-ring (bicyclic) bond motifs is 1. The smallest absolute Gasteiger partial charge is 0.229 e. The minimum absolute atomic E-state index is 0.388. The Kier molecular flexibility index (Phi) is 6.27. The molecule has 12 heteroatoms. The first-order valence-electron chi connectivity index (χ1n) is 11.8. The van der Waals surface area contributed by atoms with Crippen LogP contribution in [0, 0.1) is 5.41 Å². The molecule has 4 heterocycles. The highest BCUT2D eigenvalue weighted by molar-refractivity contribution is 7.99. The van der Waals surface area contributed by atoms with Crippen molar-refractivity contribution in [2.45, 2.75) is 0 Å². The molecule has 0 amide bonds. The highest BCUT2D eigenvalue weighted by Gasteiger charge is 2.47. The summed E-state index contributed by atoms with van der Waals surface area (Å²) in [6.07, 6.45) is 6.85. The Balaban J connectivity index is 1.24. The predicted molar refractivity (Wildman–Crippen MR) is 151 cm³/mol. The second kappa shape index (κ2) is 9.73. The Morgan fingerprint density at radius 1 is 1.05 bits per heavy atom. The van der Waals surface area contributed by atoms with Crippen LogP contribution in [0.25, 0.3) is 11.0 Å². The minimum atomic E-state index is 0.388. The number of ether oxygens (including phenoxy) is 1. The van der Waals surface area contributed by atoms with Crippen LogP contribution in [-0.4, -0.2) is 59.5 Å². The van der Waals surface area contributed by atoms with E-state index in [1.54, 1.807) is 25.7 Å². The quantitative estimate of drug-likeness (QED) is 0.236. The SMILES string of the molecule is COc1cc(N2CC3(CNC3)C2)ccc1Nc1ncc(Cl)c(Nc2ccc3nccnc3c2NSC)n1. The summed E-state index contributed by atoms with van der Waals surface area (Å²) in [7, 11) is 1.66. The average Bonchev–Trinajstić information content (AvgIpc) is 2.86. The van der Waals surface area contributed by atoms with Crippen LogP contribution in [0.4, 0.5) is 34.5 Å². The number of anilines is 6. The van der Waals surface area contributed by atoms with Crippen LogP contribution in [0.2, 0.25) is 5.02 Å². The first-order valence-corrected chi connectivity index (χ1v) is 13.4. The van der Waals surface area contributed by atoms with Gasteiger partial charge in [-0.15, -0.1) is 0 Å². The Hall–Kier alpha value is -3.54. The second-order valence-electron chi connectivity index (χ2n) is 9.20.